The van der Waals surface area contributed by atoms with Gasteiger partial charge in [0.1, 0.15) is 0 Å². The lowest BCUT2D eigenvalue weighted by atomic mass is 10.0. The quantitative estimate of drug-likeness (QED) is 0.769. The molecule has 2 N–H and O–H groups in total. The van der Waals surface area contributed by atoms with Crippen LogP contribution in [0.3, 0.4) is 0 Å². The first kappa shape index (κ1) is 15.1. The number of aromatic nitrogens is 1. The molecule has 0 aliphatic heterocycles. The summed E-state index contributed by atoms with van der Waals surface area (Å²) in [5.41, 5.74) is 0.902. The zero-order valence-corrected chi connectivity index (χ0v) is 13.3. The lowest BCUT2D eigenvalue weighted by Gasteiger charge is -2.14. The molecule has 1 heterocycles. The fourth-order valence-corrected chi connectivity index (χ4v) is 4.36. The minimum absolute atomic E-state index is 0.137. The third-order valence-electron chi connectivity index (χ3n) is 4.85. The monoisotopic (exact) mass is 312 g/mol. The van der Waals surface area contributed by atoms with Crippen molar-refractivity contribution in [1.29, 1.82) is 0 Å². The van der Waals surface area contributed by atoms with E-state index in [1.54, 1.807) is 12.3 Å². The molecular formula is C15H24N2O3S. The molecule has 0 amide bonds. The molecule has 118 valence electrons. The van der Waals surface area contributed by atoms with Gasteiger partial charge in [0.2, 0.25) is 10.0 Å². The van der Waals surface area contributed by atoms with Crippen molar-refractivity contribution in [3.8, 4) is 0 Å². The summed E-state index contributed by atoms with van der Waals surface area (Å²) in [6.07, 6.45) is 7.35. The third kappa shape index (κ3) is 3.03. The lowest BCUT2D eigenvalue weighted by Crippen LogP contribution is -2.31. The van der Waals surface area contributed by atoms with Crippen LogP contribution in [0.25, 0.3) is 0 Å². The van der Waals surface area contributed by atoms with E-state index in [2.05, 4.69) is 4.72 Å². The number of hydrogen-bond donors (Lipinski definition) is 2. The highest BCUT2D eigenvalue weighted by Gasteiger charge is 2.53. The van der Waals surface area contributed by atoms with E-state index >= 15 is 0 Å². The van der Waals surface area contributed by atoms with E-state index in [9.17, 15) is 13.5 Å². The number of nitrogens with one attached hydrogen (secondary N) is 1. The minimum atomic E-state index is -3.47. The average molecular weight is 312 g/mol. The van der Waals surface area contributed by atoms with E-state index in [1.165, 1.54) is 12.8 Å². The summed E-state index contributed by atoms with van der Waals surface area (Å²) >= 11 is 0. The summed E-state index contributed by atoms with van der Waals surface area (Å²) in [6, 6.07) is 1.58. The number of nitrogens with zero attached hydrogens (tertiary/aromatic N) is 1. The molecule has 5 nitrogen and oxygen atoms in total. The molecule has 0 radical (unpaired) electrons. The van der Waals surface area contributed by atoms with E-state index in [1.807, 2.05) is 11.5 Å². The SMILES string of the molecule is CCCn1cc(S(=O)(=O)NCC2(C3CC3)CC2)cc1CO. The van der Waals surface area contributed by atoms with Crippen LogP contribution in [-0.2, 0) is 23.2 Å². The van der Waals surface area contributed by atoms with E-state index in [0.29, 0.717) is 12.2 Å². The lowest BCUT2D eigenvalue weighted by molar-refractivity contribution is 0.270. The summed E-state index contributed by atoms with van der Waals surface area (Å²) in [4.78, 5) is 0.270. The van der Waals surface area contributed by atoms with Gasteiger partial charge < -0.3 is 9.67 Å². The van der Waals surface area contributed by atoms with Crippen LogP contribution >= 0.6 is 0 Å². The van der Waals surface area contributed by atoms with Crippen LogP contribution in [0.2, 0.25) is 0 Å². The standard InChI is InChI=1S/C15H24N2O3S/c1-2-7-17-9-14(8-13(17)10-18)21(19,20)16-11-15(5-6-15)12-3-4-12/h8-9,12,16,18H,2-7,10-11H2,1H3. The predicted octanol–water partition coefficient (Wildman–Crippen LogP) is 1.86. The first-order valence-electron chi connectivity index (χ1n) is 7.80. The Hall–Kier alpha value is -0.850. The van der Waals surface area contributed by atoms with Gasteiger partial charge in [-0.05, 0) is 49.5 Å². The molecule has 2 aliphatic carbocycles. The zero-order valence-electron chi connectivity index (χ0n) is 12.5. The predicted molar refractivity (Wildman–Crippen MR) is 80.2 cm³/mol. The first-order chi connectivity index (χ1) is 10.0. The normalized spacial score (nSPS) is 20.7. The molecule has 0 atom stereocenters. The molecule has 3 rings (SSSR count). The molecule has 6 heteroatoms. The second-order valence-electron chi connectivity index (χ2n) is 6.48. The van der Waals surface area contributed by atoms with Gasteiger partial charge in [0.05, 0.1) is 11.5 Å². The molecule has 0 aromatic carbocycles. The number of aryl methyl sites for hydroxylation is 1. The summed E-state index contributed by atoms with van der Waals surface area (Å²) in [7, 11) is -3.47. The third-order valence-corrected chi connectivity index (χ3v) is 6.22. The highest BCUT2D eigenvalue weighted by Crippen LogP contribution is 2.60. The second-order valence-corrected chi connectivity index (χ2v) is 8.25. The number of sulfonamides is 1. The Morgan fingerprint density at radius 3 is 2.67 bits per heavy atom. The fraction of sp³-hybridized carbons (Fsp3) is 0.733. The van der Waals surface area contributed by atoms with Gasteiger partial charge in [-0.3, -0.25) is 0 Å². The van der Waals surface area contributed by atoms with Gasteiger partial charge in [-0.1, -0.05) is 6.92 Å². The maximum absolute atomic E-state index is 12.4. The largest absolute Gasteiger partial charge is 0.390 e. The van der Waals surface area contributed by atoms with Crippen LogP contribution in [0, 0.1) is 11.3 Å². The molecule has 2 saturated carbocycles. The molecule has 0 bridgehead atoms. The van der Waals surface area contributed by atoms with Gasteiger partial charge in [-0.15, -0.1) is 0 Å². The number of rotatable bonds is 8. The average Bonchev–Trinajstić information content (AvgIpc) is 3.34. The molecule has 21 heavy (non-hydrogen) atoms. The highest BCUT2D eigenvalue weighted by atomic mass is 32.2. The summed E-state index contributed by atoms with van der Waals surface area (Å²) in [5, 5.41) is 9.34. The molecule has 1 aromatic rings. The van der Waals surface area contributed by atoms with Crippen LogP contribution in [0.5, 0.6) is 0 Å². The van der Waals surface area contributed by atoms with Gasteiger partial charge in [0.25, 0.3) is 0 Å². The zero-order chi connectivity index (χ0) is 15.1. The minimum Gasteiger partial charge on any atom is -0.390 e. The maximum atomic E-state index is 12.4. The van der Waals surface area contributed by atoms with Crippen molar-refractivity contribution in [2.24, 2.45) is 11.3 Å². The van der Waals surface area contributed by atoms with Crippen molar-refractivity contribution in [1.82, 2.24) is 9.29 Å². The molecule has 2 aliphatic rings. The molecule has 1 aromatic heterocycles. The number of hydrogen-bond acceptors (Lipinski definition) is 3. The van der Waals surface area contributed by atoms with Crippen molar-refractivity contribution in [2.45, 2.75) is 57.1 Å². The van der Waals surface area contributed by atoms with Gasteiger partial charge in [0, 0.05) is 25.0 Å². The Kier molecular flexibility index (Phi) is 3.88. The smallest absolute Gasteiger partial charge is 0.242 e. The summed E-state index contributed by atoms with van der Waals surface area (Å²) < 4.78 is 29.5. The van der Waals surface area contributed by atoms with Gasteiger partial charge in [-0.2, -0.15) is 0 Å². The molecule has 0 unspecified atom stereocenters. The Bertz CT molecular complexity index is 613. The molecule has 2 fully saturated rings. The Labute approximate surface area is 126 Å². The van der Waals surface area contributed by atoms with Gasteiger partial charge >= 0.3 is 0 Å². The van der Waals surface area contributed by atoms with Crippen molar-refractivity contribution >= 4 is 10.0 Å². The Balaban J connectivity index is 1.72. The van der Waals surface area contributed by atoms with Gasteiger partial charge in [0.15, 0.2) is 0 Å². The number of aliphatic hydroxyl groups excluding tert-OH is 1. The summed E-state index contributed by atoms with van der Waals surface area (Å²) in [5.74, 6) is 0.734. The van der Waals surface area contributed by atoms with Crippen LogP contribution in [0.15, 0.2) is 17.2 Å². The molecule has 0 saturated heterocycles. The van der Waals surface area contributed by atoms with Crippen LogP contribution < -0.4 is 4.72 Å². The van der Waals surface area contributed by atoms with Crippen molar-refractivity contribution in [3.05, 3.63) is 18.0 Å². The molecular weight excluding hydrogens is 288 g/mol. The Morgan fingerprint density at radius 2 is 2.14 bits per heavy atom. The fourth-order valence-electron chi connectivity index (χ4n) is 3.16. The van der Waals surface area contributed by atoms with Crippen molar-refractivity contribution in [3.63, 3.8) is 0 Å². The van der Waals surface area contributed by atoms with Crippen molar-refractivity contribution in [2.75, 3.05) is 6.54 Å². The number of aliphatic hydroxyl groups is 1. The van der Waals surface area contributed by atoms with Crippen LogP contribution in [0.1, 0.15) is 44.7 Å². The molecule has 0 spiro atoms. The van der Waals surface area contributed by atoms with Crippen LogP contribution in [-0.4, -0.2) is 24.6 Å². The van der Waals surface area contributed by atoms with E-state index in [0.717, 1.165) is 31.7 Å². The second kappa shape index (κ2) is 5.41. The summed E-state index contributed by atoms with van der Waals surface area (Å²) in [6.45, 7) is 3.17. The van der Waals surface area contributed by atoms with E-state index < -0.39 is 10.0 Å². The maximum Gasteiger partial charge on any atom is 0.242 e. The van der Waals surface area contributed by atoms with Crippen LogP contribution in [0.4, 0.5) is 0 Å². The van der Waals surface area contributed by atoms with Gasteiger partial charge in [-0.25, -0.2) is 13.1 Å². The Morgan fingerprint density at radius 1 is 1.43 bits per heavy atom. The first-order valence-corrected chi connectivity index (χ1v) is 9.29. The van der Waals surface area contributed by atoms with E-state index in [-0.39, 0.29) is 16.9 Å². The topological polar surface area (TPSA) is 71.3 Å². The van der Waals surface area contributed by atoms with Crippen molar-refractivity contribution < 1.29 is 13.5 Å². The highest BCUT2D eigenvalue weighted by molar-refractivity contribution is 7.89. The van der Waals surface area contributed by atoms with E-state index in [4.69, 9.17) is 0 Å².